The molecule has 0 radical (unpaired) electrons. The summed E-state index contributed by atoms with van der Waals surface area (Å²) in [4.78, 5) is 23.8. The number of nitrogens with zero attached hydrogens (tertiary/aromatic N) is 1. The van der Waals surface area contributed by atoms with Gasteiger partial charge in [-0.1, -0.05) is 35.9 Å². The highest BCUT2D eigenvalue weighted by atomic mass is 16.6. The number of nitrogens with one attached hydrogen (secondary N) is 1. The van der Waals surface area contributed by atoms with Crippen molar-refractivity contribution in [1.82, 2.24) is 0 Å². The van der Waals surface area contributed by atoms with Crippen LogP contribution in [-0.2, 0) is 14.3 Å². The lowest BCUT2D eigenvalue weighted by molar-refractivity contribution is -0.142. The Kier molecular flexibility index (Phi) is 6.73. The third kappa shape index (κ3) is 5.44. The summed E-state index contributed by atoms with van der Waals surface area (Å²) in [6.07, 6.45) is 1.42. The fraction of sp³-hybridized carbons (Fsp3) is 0.190. The molecule has 0 spiro atoms. The number of hydrogen-bond donors (Lipinski definition) is 1. The minimum absolute atomic E-state index is 0.0795. The van der Waals surface area contributed by atoms with E-state index in [1.54, 1.807) is 30.3 Å². The van der Waals surface area contributed by atoms with E-state index in [0.717, 1.165) is 11.1 Å². The molecule has 2 aromatic carbocycles. The number of rotatable bonds is 6. The topological polar surface area (TPSA) is 88.4 Å². The van der Waals surface area contributed by atoms with Crippen molar-refractivity contribution in [3.63, 3.8) is 0 Å². The van der Waals surface area contributed by atoms with Crippen LogP contribution in [0.4, 0.5) is 5.69 Å². The molecule has 2 rings (SSSR count). The number of carbonyl (C=O) groups excluding carboxylic acids is 2. The second kappa shape index (κ2) is 9.20. The summed E-state index contributed by atoms with van der Waals surface area (Å²) in [5.74, 6) is -0.677. The number of hydrogen-bond acceptors (Lipinski definition) is 5. The number of carbonyl (C=O) groups is 2. The molecule has 2 aromatic rings. The first-order valence-corrected chi connectivity index (χ1v) is 8.23. The molecule has 0 aliphatic heterocycles. The maximum absolute atomic E-state index is 12.5. The zero-order chi connectivity index (χ0) is 19.8. The minimum atomic E-state index is -0.526. The standard InChI is InChI=1S/C21H20N2O4/c1-14-8-9-18(15(2)10-14)23-21(25)17(12-22)11-16-6-4-5-7-19(16)27-13-20(24)26-3/h4-11H,13H2,1-3H3,(H,23,25)/b17-11+. The summed E-state index contributed by atoms with van der Waals surface area (Å²) in [5.41, 5.74) is 3.06. The van der Waals surface area contributed by atoms with E-state index in [9.17, 15) is 14.9 Å². The van der Waals surface area contributed by atoms with Crippen LogP contribution in [0, 0.1) is 25.2 Å². The van der Waals surface area contributed by atoms with Crippen LogP contribution in [0.1, 0.15) is 16.7 Å². The molecule has 138 valence electrons. The van der Waals surface area contributed by atoms with Crippen molar-refractivity contribution in [3.05, 3.63) is 64.7 Å². The molecule has 0 saturated carbocycles. The highest BCUT2D eigenvalue weighted by molar-refractivity contribution is 6.10. The summed E-state index contributed by atoms with van der Waals surface area (Å²) < 4.78 is 9.95. The van der Waals surface area contributed by atoms with Gasteiger partial charge in [0.25, 0.3) is 5.91 Å². The quantitative estimate of drug-likeness (QED) is 0.482. The predicted molar refractivity (Wildman–Crippen MR) is 102 cm³/mol. The second-order valence-electron chi connectivity index (χ2n) is 5.84. The Morgan fingerprint density at radius 1 is 1.19 bits per heavy atom. The highest BCUT2D eigenvalue weighted by Gasteiger charge is 2.13. The maximum Gasteiger partial charge on any atom is 0.343 e. The largest absolute Gasteiger partial charge is 0.481 e. The Hall–Kier alpha value is -3.59. The first-order valence-electron chi connectivity index (χ1n) is 8.23. The normalized spacial score (nSPS) is 10.7. The van der Waals surface area contributed by atoms with E-state index in [-0.39, 0.29) is 12.2 Å². The molecule has 0 heterocycles. The van der Waals surface area contributed by atoms with Gasteiger partial charge < -0.3 is 14.8 Å². The lowest BCUT2D eigenvalue weighted by Gasteiger charge is -2.10. The van der Waals surface area contributed by atoms with Gasteiger partial charge in [-0.2, -0.15) is 5.26 Å². The molecule has 0 aliphatic rings. The molecule has 6 heteroatoms. The van der Waals surface area contributed by atoms with Gasteiger partial charge in [-0.25, -0.2) is 4.79 Å². The van der Waals surface area contributed by atoms with Crippen molar-refractivity contribution in [2.45, 2.75) is 13.8 Å². The third-order valence-electron chi connectivity index (χ3n) is 3.79. The van der Waals surface area contributed by atoms with Crippen LogP contribution >= 0.6 is 0 Å². The fourth-order valence-corrected chi connectivity index (χ4v) is 2.37. The van der Waals surface area contributed by atoms with Crippen molar-refractivity contribution in [2.75, 3.05) is 19.0 Å². The first kappa shape index (κ1) is 19.7. The van der Waals surface area contributed by atoms with Crippen LogP contribution in [0.5, 0.6) is 5.75 Å². The average molecular weight is 364 g/mol. The molecule has 27 heavy (non-hydrogen) atoms. The van der Waals surface area contributed by atoms with Crippen LogP contribution in [0.2, 0.25) is 0 Å². The van der Waals surface area contributed by atoms with Crippen LogP contribution in [0.15, 0.2) is 48.0 Å². The fourth-order valence-electron chi connectivity index (χ4n) is 2.37. The van der Waals surface area contributed by atoms with Crippen molar-refractivity contribution < 1.29 is 19.1 Å². The number of anilines is 1. The van der Waals surface area contributed by atoms with Gasteiger partial charge >= 0.3 is 5.97 Å². The number of methoxy groups -OCH3 is 1. The summed E-state index contributed by atoms with van der Waals surface area (Å²) in [5, 5.41) is 12.1. The van der Waals surface area contributed by atoms with E-state index in [2.05, 4.69) is 10.1 Å². The Bertz CT molecular complexity index is 926. The zero-order valence-corrected chi connectivity index (χ0v) is 15.4. The molecule has 0 saturated heterocycles. The lowest BCUT2D eigenvalue weighted by atomic mass is 10.1. The summed E-state index contributed by atoms with van der Waals surface area (Å²) in [6.45, 7) is 3.58. The number of aryl methyl sites for hydroxylation is 2. The van der Waals surface area contributed by atoms with E-state index in [1.165, 1.54) is 13.2 Å². The zero-order valence-electron chi connectivity index (χ0n) is 15.4. The summed E-state index contributed by atoms with van der Waals surface area (Å²) in [7, 11) is 1.27. The molecule has 0 aromatic heterocycles. The SMILES string of the molecule is COC(=O)COc1ccccc1/C=C(\C#N)C(=O)Nc1ccc(C)cc1C. The molecule has 0 atom stereocenters. The molecule has 0 fully saturated rings. The Morgan fingerprint density at radius 3 is 2.59 bits per heavy atom. The number of nitriles is 1. The molecule has 0 bridgehead atoms. The van der Waals surface area contributed by atoms with Crippen molar-refractivity contribution in [2.24, 2.45) is 0 Å². The second-order valence-corrected chi connectivity index (χ2v) is 5.84. The Labute approximate surface area is 158 Å². The average Bonchev–Trinajstić information content (AvgIpc) is 2.66. The van der Waals surface area contributed by atoms with Gasteiger partial charge in [0.05, 0.1) is 7.11 Å². The lowest BCUT2D eigenvalue weighted by Crippen LogP contribution is -2.15. The minimum Gasteiger partial charge on any atom is -0.481 e. The Morgan fingerprint density at radius 2 is 1.93 bits per heavy atom. The predicted octanol–water partition coefficient (Wildman–Crippen LogP) is 3.40. The first-order chi connectivity index (χ1) is 12.9. The maximum atomic E-state index is 12.5. The number of para-hydroxylation sites is 1. The van der Waals surface area contributed by atoms with Gasteiger partial charge in [0, 0.05) is 11.3 Å². The monoisotopic (exact) mass is 364 g/mol. The molecule has 0 unspecified atom stereocenters. The van der Waals surface area contributed by atoms with E-state index < -0.39 is 11.9 Å². The van der Waals surface area contributed by atoms with E-state index in [1.807, 2.05) is 32.0 Å². The van der Waals surface area contributed by atoms with Gasteiger partial charge in [-0.15, -0.1) is 0 Å². The van der Waals surface area contributed by atoms with Crippen LogP contribution in [0.3, 0.4) is 0 Å². The summed E-state index contributed by atoms with van der Waals surface area (Å²) in [6, 6.07) is 14.3. The van der Waals surface area contributed by atoms with Gasteiger partial charge in [-0.3, -0.25) is 4.79 Å². The smallest absolute Gasteiger partial charge is 0.343 e. The van der Waals surface area contributed by atoms with Crippen LogP contribution < -0.4 is 10.1 Å². The molecule has 0 aliphatic carbocycles. The molecular formula is C21H20N2O4. The molecule has 1 amide bonds. The van der Waals surface area contributed by atoms with E-state index >= 15 is 0 Å². The van der Waals surface area contributed by atoms with Gasteiger partial charge in [0.15, 0.2) is 6.61 Å². The number of ether oxygens (including phenoxy) is 2. The van der Waals surface area contributed by atoms with E-state index in [0.29, 0.717) is 17.0 Å². The van der Waals surface area contributed by atoms with E-state index in [4.69, 9.17) is 4.74 Å². The van der Waals surface area contributed by atoms with Gasteiger partial charge in [-0.05, 0) is 37.6 Å². The number of amides is 1. The summed E-state index contributed by atoms with van der Waals surface area (Å²) >= 11 is 0. The Balaban J connectivity index is 2.24. The van der Waals surface area contributed by atoms with Crippen molar-refractivity contribution in [3.8, 4) is 11.8 Å². The van der Waals surface area contributed by atoms with Crippen molar-refractivity contribution in [1.29, 1.82) is 5.26 Å². The highest BCUT2D eigenvalue weighted by Crippen LogP contribution is 2.22. The van der Waals surface area contributed by atoms with Crippen LogP contribution in [0.25, 0.3) is 6.08 Å². The molecule has 6 nitrogen and oxygen atoms in total. The molecule has 1 N–H and O–H groups in total. The third-order valence-corrected chi connectivity index (χ3v) is 3.79. The van der Waals surface area contributed by atoms with Gasteiger partial charge in [0.1, 0.15) is 17.4 Å². The number of benzene rings is 2. The van der Waals surface area contributed by atoms with Gasteiger partial charge in [0.2, 0.25) is 0 Å². The van der Waals surface area contributed by atoms with Crippen LogP contribution in [-0.4, -0.2) is 25.6 Å². The number of esters is 1. The van der Waals surface area contributed by atoms with Crippen molar-refractivity contribution >= 4 is 23.6 Å². The molecular weight excluding hydrogens is 344 g/mol.